The fourth-order valence-electron chi connectivity index (χ4n) is 4.61. The molecule has 0 radical (unpaired) electrons. The van der Waals surface area contributed by atoms with E-state index in [1.54, 1.807) is 7.11 Å². The predicted octanol–water partition coefficient (Wildman–Crippen LogP) is 6.23. The molecular weight excluding hydrogens is 330 g/mol. The summed E-state index contributed by atoms with van der Waals surface area (Å²) in [7, 11) is 1.75. The maximum Gasteiger partial charge on any atom is 0.119 e. The van der Waals surface area contributed by atoms with Gasteiger partial charge in [0, 0.05) is 12.1 Å². The molecule has 2 heteroatoms. The Morgan fingerprint density at radius 1 is 0.963 bits per heavy atom. The Kier molecular flexibility index (Phi) is 5.45. The summed E-state index contributed by atoms with van der Waals surface area (Å²) in [6.07, 6.45) is 5.01. The molecule has 3 aromatic carbocycles. The number of fused-ring (bicyclic) bond motifs is 1. The van der Waals surface area contributed by atoms with Crippen LogP contribution in [0.2, 0.25) is 0 Å². The number of benzene rings is 3. The number of nitrogens with one attached hydrogen (secondary N) is 1. The van der Waals surface area contributed by atoms with Crippen LogP contribution < -0.4 is 10.1 Å². The van der Waals surface area contributed by atoms with Gasteiger partial charge in [0.25, 0.3) is 0 Å². The Hall–Kier alpha value is -2.32. The van der Waals surface area contributed by atoms with E-state index in [4.69, 9.17) is 4.74 Å². The molecule has 27 heavy (non-hydrogen) atoms. The maximum absolute atomic E-state index is 5.42. The second-order valence-corrected chi connectivity index (χ2v) is 7.79. The molecule has 1 aliphatic rings. The Bertz CT molecular complexity index is 898. The van der Waals surface area contributed by atoms with E-state index >= 15 is 0 Å². The van der Waals surface area contributed by atoms with Gasteiger partial charge < -0.3 is 10.1 Å². The molecule has 0 aromatic heterocycles. The minimum Gasteiger partial charge on any atom is -0.497 e. The third kappa shape index (κ3) is 4.01. The van der Waals surface area contributed by atoms with Crippen molar-refractivity contribution in [3.8, 4) is 5.75 Å². The molecule has 0 bridgehead atoms. The summed E-state index contributed by atoms with van der Waals surface area (Å²) in [6.45, 7) is 2.30. The molecule has 1 saturated carbocycles. The van der Waals surface area contributed by atoms with Gasteiger partial charge in [-0.1, -0.05) is 61.0 Å². The first-order valence-electron chi connectivity index (χ1n) is 10.1. The van der Waals surface area contributed by atoms with Crippen molar-refractivity contribution in [3.05, 3.63) is 77.9 Å². The van der Waals surface area contributed by atoms with Crippen LogP contribution in [0.5, 0.6) is 5.75 Å². The molecule has 2 nitrogen and oxygen atoms in total. The van der Waals surface area contributed by atoms with Gasteiger partial charge in [-0.3, -0.25) is 0 Å². The van der Waals surface area contributed by atoms with Crippen molar-refractivity contribution < 1.29 is 4.74 Å². The second kappa shape index (κ2) is 8.14. The Labute approximate surface area is 162 Å². The number of ether oxygens (including phenoxy) is 1. The molecule has 3 aromatic rings. The van der Waals surface area contributed by atoms with Gasteiger partial charge in [0.05, 0.1) is 7.11 Å². The largest absolute Gasteiger partial charge is 0.497 e. The average Bonchev–Trinajstić information content (AvgIpc) is 2.73. The zero-order valence-corrected chi connectivity index (χ0v) is 16.3. The van der Waals surface area contributed by atoms with Crippen molar-refractivity contribution in [2.75, 3.05) is 7.11 Å². The Balaban J connectivity index is 1.48. The van der Waals surface area contributed by atoms with Gasteiger partial charge in [-0.05, 0) is 66.1 Å². The van der Waals surface area contributed by atoms with Gasteiger partial charge in [0.2, 0.25) is 0 Å². The zero-order valence-electron chi connectivity index (χ0n) is 16.3. The summed E-state index contributed by atoms with van der Waals surface area (Å²) in [5.74, 6) is 1.58. The summed E-state index contributed by atoms with van der Waals surface area (Å²) < 4.78 is 5.42. The molecule has 1 N–H and O–H groups in total. The van der Waals surface area contributed by atoms with E-state index in [0.29, 0.717) is 18.0 Å². The van der Waals surface area contributed by atoms with Crippen LogP contribution in [0.25, 0.3) is 10.8 Å². The minimum absolute atomic E-state index is 0.352. The molecule has 0 spiro atoms. The highest BCUT2D eigenvalue weighted by Gasteiger charge is 2.25. The van der Waals surface area contributed by atoms with Crippen LogP contribution in [0.4, 0.5) is 0 Å². The second-order valence-electron chi connectivity index (χ2n) is 7.79. The molecule has 1 aliphatic carbocycles. The fraction of sp³-hybridized carbons (Fsp3) is 0.360. The van der Waals surface area contributed by atoms with Crippen molar-refractivity contribution in [1.82, 2.24) is 5.32 Å². The lowest BCUT2D eigenvalue weighted by atomic mass is 9.81. The van der Waals surface area contributed by atoms with Crippen molar-refractivity contribution in [1.29, 1.82) is 0 Å². The van der Waals surface area contributed by atoms with E-state index in [9.17, 15) is 0 Å². The van der Waals surface area contributed by atoms with Crippen molar-refractivity contribution in [3.63, 3.8) is 0 Å². The highest BCUT2D eigenvalue weighted by Crippen LogP contribution is 2.35. The van der Waals surface area contributed by atoms with Gasteiger partial charge in [-0.2, -0.15) is 0 Å². The van der Waals surface area contributed by atoms with Crippen LogP contribution in [0, 0.1) is 0 Å². The van der Waals surface area contributed by atoms with E-state index in [-0.39, 0.29) is 0 Å². The third-order valence-electron chi connectivity index (χ3n) is 6.01. The van der Waals surface area contributed by atoms with Crippen LogP contribution in [0.3, 0.4) is 0 Å². The zero-order chi connectivity index (χ0) is 18.6. The number of hydrogen-bond acceptors (Lipinski definition) is 2. The predicted molar refractivity (Wildman–Crippen MR) is 113 cm³/mol. The first kappa shape index (κ1) is 18.1. The summed E-state index contributed by atoms with van der Waals surface area (Å²) >= 11 is 0. The molecule has 0 saturated heterocycles. The lowest BCUT2D eigenvalue weighted by molar-refractivity contribution is 0.318. The number of methoxy groups -OCH3 is 1. The van der Waals surface area contributed by atoms with Crippen LogP contribution in [0.1, 0.15) is 55.7 Å². The molecule has 0 unspecified atom stereocenters. The van der Waals surface area contributed by atoms with E-state index in [1.165, 1.54) is 47.6 Å². The number of hydrogen-bond donors (Lipinski definition) is 1. The van der Waals surface area contributed by atoms with Crippen molar-refractivity contribution in [2.45, 2.75) is 50.6 Å². The third-order valence-corrected chi connectivity index (χ3v) is 6.01. The Morgan fingerprint density at radius 3 is 2.67 bits per heavy atom. The molecule has 0 amide bonds. The maximum atomic E-state index is 5.42. The van der Waals surface area contributed by atoms with Crippen LogP contribution in [-0.4, -0.2) is 13.2 Å². The van der Waals surface area contributed by atoms with Crippen LogP contribution in [0.15, 0.2) is 66.7 Å². The molecule has 0 heterocycles. The molecular formula is C25H29NO. The normalized spacial score (nSPS) is 21.1. The summed E-state index contributed by atoms with van der Waals surface area (Å²) in [5.41, 5.74) is 2.82. The SMILES string of the molecule is COc1cccc([C@@H]2CCC[C@@H](N[C@H](C)c3cccc4ccccc34)C2)c1. The first-order valence-corrected chi connectivity index (χ1v) is 10.1. The van der Waals surface area contributed by atoms with Gasteiger partial charge in [-0.15, -0.1) is 0 Å². The highest BCUT2D eigenvalue weighted by molar-refractivity contribution is 5.86. The van der Waals surface area contributed by atoms with Crippen LogP contribution >= 0.6 is 0 Å². The van der Waals surface area contributed by atoms with Gasteiger partial charge >= 0.3 is 0 Å². The average molecular weight is 360 g/mol. The molecule has 3 atom stereocenters. The quantitative estimate of drug-likeness (QED) is 0.583. The molecule has 1 fully saturated rings. The standard InChI is InChI=1S/C25H29NO/c1-18(24-15-7-9-19-8-3-4-14-25(19)24)26-22-12-5-10-20(16-22)21-11-6-13-23(17-21)27-2/h3-4,6-9,11,13-15,17-18,20,22,26H,5,10,12,16H2,1-2H3/t18-,20-,22-/m1/s1. The van der Waals surface area contributed by atoms with Gasteiger partial charge in [0.15, 0.2) is 0 Å². The van der Waals surface area contributed by atoms with E-state index in [2.05, 4.69) is 72.9 Å². The van der Waals surface area contributed by atoms with Crippen molar-refractivity contribution >= 4 is 10.8 Å². The fourth-order valence-corrected chi connectivity index (χ4v) is 4.61. The molecule has 140 valence electrons. The molecule has 0 aliphatic heterocycles. The van der Waals surface area contributed by atoms with E-state index in [0.717, 1.165) is 5.75 Å². The smallest absolute Gasteiger partial charge is 0.119 e. The topological polar surface area (TPSA) is 21.3 Å². The van der Waals surface area contributed by atoms with Crippen molar-refractivity contribution in [2.24, 2.45) is 0 Å². The Morgan fingerprint density at radius 2 is 1.78 bits per heavy atom. The first-order chi connectivity index (χ1) is 13.2. The van der Waals surface area contributed by atoms with Crippen LogP contribution in [-0.2, 0) is 0 Å². The van der Waals surface area contributed by atoms with Gasteiger partial charge in [0.1, 0.15) is 5.75 Å². The molecule has 4 rings (SSSR count). The lowest BCUT2D eigenvalue weighted by Gasteiger charge is -2.32. The minimum atomic E-state index is 0.352. The summed E-state index contributed by atoms with van der Waals surface area (Å²) in [5, 5.41) is 6.61. The summed E-state index contributed by atoms with van der Waals surface area (Å²) in [4.78, 5) is 0. The van der Waals surface area contributed by atoms with E-state index in [1.807, 2.05) is 6.07 Å². The monoisotopic (exact) mass is 359 g/mol. The summed E-state index contributed by atoms with van der Waals surface area (Å²) in [6, 6.07) is 24.9. The van der Waals surface area contributed by atoms with E-state index < -0.39 is 0 Å². The number of rotatable bonds is 5. The van der Waals surface area contributed by atoms with Gasteiger partial charge in [-0.25, -0.2) is 0 Å². The highest BCUT2D eigenvalue weighted by atomic mass is 16.5. The lowest BCUT2D eigenvalue weighted by Crippen LogP contribution is -2.35.